The Bertz CT molecular complexity index is 1140. The molecule has 0 aromatic heterocycles. The lowest BCUT2D eigenvalue weighted by atomic mass is 10.0. The highest BCUT2D eigenvalue weighted by atomic mass is 16.5. The fourth-order valence-electron chi connectivity index (χ4n) is 6.20. The number of esters is 2. The Hall–Kier alpha value is -2.68. The van der Waals surface area contributed by atoms with E-state index in [1.807, 2.05) is 34.1 Å². The van der Waals surface area contributed by atoms with E-state index in [4.69, 9.17) is 18.9 Å². The molecule has 0 radical (unpaired) electrons. The van der Waals surface area contributed by atoms with Crippen molar-refractivity contribution in [3.8, 4) is 0 Å². The van der Waals surface area contributed by atoms with Crippen molar-refractivity contribution in [1.29, 1.82) is 0 Å². The topological polar surface area (TPSA) is 158 Å². The summed E-state index contributed by atoms with van der Waals surface area (Å²) in [6, 6.07) is 7.84. The van der Waals surface area contributed by atoms with Gasteiger partial charge in [-0.3, -0.25) is 9.80 Å². The number of rotatable bonds is 34. The van der Waals surface area contributed by atoms with Crippen LogP contribution < -0.4 is 0 Å². The molecule has 4 N–H and O–H groups in total. The second kappa shape index (κ2) is 30.4. The molecule has 322 valence electrons. The Morgan fingerprint density at radius 2 is 0.893 bits per heavy atom. The van der Waals surface area contributed by atoms with Gasteiger partial charge in [0.05, 0.1) is 25.4 Å². The van der Waals surface area contributed by atoms with Crippen molar-refractivity contribution in [2.75, 3.05) is 65.8 Å². The zero-order chi connectivity index (χ0) is 41.9. The van der Waals surface area contributed by atoms with Crippen molar-refractivity contribution in [1.82, 2.24) is 9.80 Å². The predicted octanol–water partition coefficient (Wildman–Crippen LogP) is 5.44. The molecule has 1 aromatic carbocycles. The van der Waals surface area contributed by atoms with Crippen LogP contribution in [0.15, 0.2) is 48.6 Å². The lowest BCUT2D eigenvalue weighted by Crippen LogP contribution is -2.41. The van der Waals surface area contributed by atoms with Gasteiger partial charge >= 0.3 is 11.9 Å². The van der Waals surface area contributed by atoms with Crippen LogP contribution in [0, 0.1) is 11.8 Å². The van der Waals surface area contributed by atoms with E-state index < -0.39 is 36.4 Å². The van der Waals surface area contributed by atoms with Crippen LogP contribution in [0.25, 0.3) is 0 Å². The van der Waals surface area contributed by atoms with Gasteiger partial charge in [0.25, 0.3) is 0 Å². The molecule has 0 heterocycles. The molecule has 0 bridgehead atoms. The summed E-state index contributed by atoms with van der Waals surface area (Å²) < 4.78 is 22.2. The molecule has 0 aliphatic heterocycles. The summed E-state index contributed by atoms with van der Waals surface area (Å²) in [5.41, 5.74) is 2.35. The van der Waals surface area contributed by atoms with Crippen molar-refractivity contribution < 1.29 is 49.0 Å². The van der Waals surface area contributed by atoms with Gasteiger partial charge in [-0.1, -0.05) is 104 Å². The van der Waals surface area contributed by atoms with E-state index in [0.29, 0.717) is 38.1 Å². The van der Waals surface area contributed by atoms with Gasteiger partial charge < -0.3 is 39.4 Å². The first kappa shape index (κ1) is 51.3. The van der Waals surface area contributed by atoms with Crippen LogP contribution in [0.3, 0.4) is 0 Å². The Labute approximate surface area is 337 Å². The van der Waals surface area contributed by atoms with Gasteiger partial charge in [-0.2, -0.15) is 0 Å². The number of aliphatic hydroxyl groups is 4. The Kier molecular flexibility index (Phi) is 27.9. The lowest BCUT2D eigenvalue weighted by Gasteiger charge is -2.28. The molecule has 1 aromatic rings. The van der Waals surface area contributed by atoms with Crippen molar-refractivity contribution in [2.45, 2.75) is 130 Å². The highest BCUT2D eigenvalue weighted by Gasteiger charge is 2.21. The van der Waals surface area contributed by atoms with E-state index in [0.717, 1.165) is 62.5 Å². The normalized spacial score (nSPS) is 14.9. The quantitative estimate of drug-likeness (QED) is 0.0519. The maximum absolute atomic E-state index is 11.9. The van der Waals surface area contributed by atoms with Gasteiger partial charge in [0, 0.05) is 63.6 Å². The second-order valence-corrected chi connectivity index (χ2v) is 15.5. The molecule has 0 fully saturated rings. The third-order valence-corrected chi connectivity index (χ3v) is 9.64. The van der Waals surface area contributed by atoms with Crippen molar-refractivity contribution in [3.63, 3.8) is 0 Å². The molecule has 12 heteroatoms. The zero-order valence-corrected chi connectivity index (χ0v) is 35.5. The highest BCUT2D eigenvalue weighted by molar-refractivity contribution is 5.87. The number of hydrogen-bond acceptors (Lipinski definition) is 12. The van der Waals surface area contributed by atoms with Gasteiger partial charge in [0.1, 0.15) is 25.4 Å². The molecule has 56 heavy (non-hydrogen) atoms. The molecular formula is C44H76N2O10. The summed E-state index contributed by atoms with van der Waals surface area (Å²) in [6.07, 6.45) is 5.22. The van der Waals surface area contributed by atoms with Crippen LogP contribution in [0.4, 0.5) is 0 Å². The van der Waals surface area contributed by atoms with E-state index in [1.54, 1.807) is 13.8 Å². The lowest BCUT2D eigenvalue weighted by molar-refractivity contribution is -0.143. The largest absolute Gasteiger partial charge is 0.460 e. The van der Waals surface area contributed by atoms with Gasteiger partial charge in [-0.15, -0.1) is 0 Å². The van der Waals surface area contributed by atoms with Crippen LogP contribution in [-0.4, -0.2) is 132 Å². The first-order chi connectivity index (χ1) is 26.7. The van der Waals surface area contributed by atoms with E-state index in [9.17, 15) is 30.0 Å². The van der Waals surface area contributed by atoms with Gasteiger partial charge in [0.15, 0.2) is 0 Å². The minimum absolute atomic E-state index is 0.148. The summed E-state index contributed by atoms with van der Waals surface area (Å²) in [6.45, 7) is 21.6. The van der Waals surface area contributed by atoms with Gasteiger partial charge in [0.2, 0.25) is 0 Å². The number of unbranched alkanes of at least 4 members (excludes halogenated alkanes) is 2. The predicted molar refractivity (Wildman–Crippen MR) is 221 cm³/mol. The Morgan fingerprint density at radius 3 is 1.18 bits per heavy atom. The second-order valence-electron chi connectivity index (χ2n) is 15.5. The van der Waals surface area contributed by atoms with E-state index >= 15 is 0 Å². The van der Waals surface area contributed by atoms with Crippen molar-refractivity contribution in [3.05, 3.63) is 59.7 Å². The first-order valence-corrected chi connectivity index (χ1v) is 20.8. The summed E-state index contributed by atoms with van der Waals surface area (Å²) in [7, 11) is 0. The summed E-state index contributed by atoms with van der Waals surface area (Å²) in [4.78, 5) is 27.7. The number of nitrogens with zero attached hydrogens (tertiary/aromatic N) is 2. The summed E-state index contributed by atoms with van der Waals surface area (Å²) in [5, 5.41) is 43.4. The fourth-order valence-corrected chi connectivity index (χ4v) is 6.20. The molecule has 6 atom stereocenters. The molecule has 6 unspecified atom stereocenters. The number of carbonyl (C=O) groups excluding carboxylic acids is 2. The molecule has 0 aliphatic rings. The maximum Gasteiger partial charge on any atom is 0.333 e. The van der Waals surface area contributed by atoms with Crippen LogP contribution in [-0.2, 0) is 41.6 Å². The average Bonchev–Trinajstić information content (AvgIpc) is 3.15. The van der Waals surface area contributed by atoms with E-state index in [1.165, 1.54) is 0 Å². The smallest absolute Gasteiger partial charge is 0.333 e. The molecule has 0 saturated carbocycles. The maximum atomic E-state index is 11.9. The van der Waals surface area contributed by atoms with Crippen molar-refractivity contribution in [2.24, 2.45) is 11.8 Å². The molecule has 12 nitrogen and oxygen atoms in total. The highest BCUT2D eigenvalue weighted by Crippen LogP contribution is 2.16. The van der Waals surface area contributed by atoms with E-state index in [2.05, 4.69) is 40.9 Å². The molecule has 0 saturated heterocycles. The summed E-state index contributed by atoms with van der Waals surface area (Å²) in [5.74, 6) is -0.249. The minimum Gasteiger partial charge on any atom is -0.460 e. The number of carbonyl (C=O) groups is 2. The van der Waals surface area contributed by atoms with Crippen LogP contribution in [0.5, 0.6) is 0 Å². The van der Waals surface area contributed by atoms with Gasteiger partial charge in [-0.05, 0) is 49.7 Å². The van der Waals surface area contributed by atoms with Crippen LogP contribution in [0.1, 0.15) is 104 Å². The summed E-state index contributed by atoms with van der Waals surface area (Å²) >= 11 is 0. The van der Waals surface area contributed by atoms with Crippen LogP contribution in [0.2, 0.25) is 0 Å². The minimum atomic E-state index is -0.988. The monoisotopic (exact) mass is 793 g/mol. The molecule has 0 spiro atoms. The first-order valence-electron chi connectivity index (χ1n) is 20.8. The van der Waals surface area contributed by atoms with Crippen LogP contribution >= 0.6 is 0 Å². The molecule has 1 rings (SSSR count). The number of ether oxygens (including phenoxy) is 4. The van der Waals surface area contributed by atoms with Gasteiger partial charge in [-0.25, -0.2) is 9.59 Å². The number of benzene rings is 1. The Balaban J connectivity index is 3.03. The zero-order valence-electron chi connectivity index (χ0n) is 35.5. The standard InChI is InChI=1S/C44H76N2O10/c1-9-13-15-35(11-3)27-53-29-39(47)23-45(25-41(49)31-55-43(51)33(5)6)21-37-17-19-38(20-18-37)22-46(26-42(50)32-56-44(52)34(7)8)24-40(48)30-54-28-36(12-4)16-14-10-2/h17-20,35-36,39-42,47-50H,5,7,9-16,21-32H2,1-4,6,8H3. The third kappa shape index (κ3) is 24.2. The number of hydrogen-bond donors (Lipinski definition) is 4. The molecule has 0 aliphatic carbocycles. The fraction of sp³-hybridized carbons (Fsp3) is 0.727. The van der Waals surface area contributed by atoms with Crippen molar-refractivity contribution >= 4 is 11.9 Å². The Morgan fingerprint density at radius 1 is 0.571 bits per heavy atom. The molecular weight excluding hydrogens is 716 g/mol. The average molecular weight is 793 g/mol. The van der Waals surface area contributed by atoms with E-state index in [-0.39, 0.29) is 63.8 Å². The third-order valence-electron chi connectivity index (χ3n) is 9.64. The molecule has 0 amide bonds. The SMILES string of the molecule is C=C(C)C(=O)OCC(O)CN(Cc1ccc(CN(CC(O)COCC(CC)CCCC)CC(O)COC(=O)C(=C)C)cc1)CC(O)COCC(CC)CCCC. The number of aliphatic hydroxyl groups excluding tert-OH is 4.